The minimum atomic E-state index is -3.60. The number of benzene rings is 2. The molecule has 2 rings (SSSR count). The van der Waals surface area contributed by atoms with E-state index >= 15 is 0 Å². The number of methoxy groups -OCH3 is 1. The largest absolute Gasteiger partial charge is 0.497 e. The van der Waals surface area contributed by atoms with Crippen molar-refractivity contribution < 1.29 is 13.2 Å². The number of sulfonamides is 1. The maximum absolute atomic E-state index is 12.2. The summed E-state index contributed by atoms with van der Waals surface area (Å²) in [6.45, 7) is 0. The Morgan fingerprint density at radius 1 is 1.00 bits per heavy atom. The molecular formula is C14H16N2O3S. The molecule has 0 atom stereocenters. The summed E-state index contributed by atoms with van der Waals surface area (Å²) in [6, 6.07) is 13.3. The summed E-state index contributed by atoms with van der Waals surface area (Å²) in [7, 11) is -0.289. The van der Waals surface area contributed by atoms with Crippen LogP contribution in [0.25, 0.3) is 0 Å². The van der Waals surface area contributed by atoms with Crippen LogP contribution in [0.15, 0.2) is 53.4 Å². The number of anilines is 2. The van der Waals surface area contributed by atoms with E-state index in [1.165, 1.54) is 7.11 Å². The lowest BCUT2D eigenvalue weighted by Crippen LogP contribution is -2.12. The molecule has 2 aromatic rings. The Hall–Kier alpha value is -2.21. The molecule has 0 aliphatic rings. The lowest BCUT2D eigenvalue weighted by atomic mass is 10.3. The van der Waals surface area contributed by atoms with Crippen molar-refractivity contribution in [3.63, 3.8) is 0 Å². The Kier molecular flexibility index (Phi) is 4.14. The Balaban J connectivity index is 2.25. The molecule has 2 aromatic carbocycles. The zero-order chi connectivity index (χ0) is 14.6. The topological polar surface area (TPSA) is 67.4 Å². The van der Waals surface area contributed by atoms with E-state index in [0.29, 0.717) is 11.4 Å². The first-order valence-electron chi connectivity index (χ1n) is 6.00. The van der Waals surface area contributed by atoms with E-state index in [-0.39, 0.29) is 4.90 Å². The molecule has 0 spiro atoms. The van der Waals surface area contributed by atoms with E-state index in [4.69, 9.17) is 4.74 Å². The fourth-order valence-electron chi connectivity index (χ4n) is 1.70. The number of rotatable bonds is 5. The third-order valence-electron chi connectivity index (χ3n) is 2.78. The predicted molar refractivity (Wildman–Crippen MR) is 79.8 cm³/mol. The standard InChI is InChI=1S/C14H16N2O3S/c1-15-11-6-8-14(9-7-11)20(17,18)16-12-4-3-5-13(10-12)19-2/h3-10,15-16H,1-2H3. The molecule has 0 saturated carbocycles. The van der Waals surface area contributed by atoms with Crippen LogP contribution in [0.2, 0.25) is 0 Å². The second kappa shape index (κ2) is 5.83. The highest BCUT2D eigenvalue weighted by molar-refractivity contribution is 7.92. The molecule has 0 aliphatic carbocycles. The van der Waals surface area contributed by atoms with Gasteiger partial charge in [-0.05, 0) is 36.4 Å². The summed E-state index contributed by atoms with van der Waals surface area (Å²) in [4.78, 5) is 0.208. The molecule has 0 heterocycles. The molecule has 5 nitrogen and oxygen atoms in total. The first kappa shape index (κ1) is 14.2. The molecule has 106 valence electrons. The van der Waals surface area contributed by atoms with Crippen molar-refractivity contribution in [2.24, 2.45) is 0 Å². The normalized spacial score (nSPS) is 10.9. The molecule has 0 unspecified atom stereocenters. The van der Waals surface area contributed by atoms with E-state index in [9.17, 15) is 8.42 Å². The molecular weight excluding hydrogens is 276 g/mol. The number of hydrogen-bond donors (Lipinski definition) is 2. The summed E-state index contributed by atoms with van der Waals surface area (Å²) in [5.74, 6) is 0.593. The first-order valence-corrected chi connectivity index (χ1v) is 7.48. The van der Waals surface area contributed by atoms with Gasteiger partial charge < -0.3 is 10.1 Å². The lowest BCUT2D eigenvalue weighted by Gasteiger charge is -2.09. The third kappa shape index (κ3) is 3.21. The van der Waals surface area contributed by atoms with E-state index in [1.807, 2.05) is 0 Å². The van der Waals surface area contributed by atoms with Crippen molar-refractivity contribution in [1.82, 2.24) is 0 Å². The molecule has 0 aliphatic heterocycles. The summed E-state index contributed by atoms with van der Waals surface area (Å²) in [5, 5.41) is 2.94. The van der Waals surface area contributed by atoms with Gasteiger partial charge in [0, 0.05) is 18.8 Å². The Bertz CT molecular complexity index is 682. The van der Waals surface area contributed by atoms with Crippen molar-refractivity contribution in [2.75, 3.05) is 24.2 Å². The second-order valence-corrected chi connectivity index (χ2v) is 5.79. The van der Waals surface area contributed by atoms with Crippen molar-refractivity contribution in [3.8, 4) is 5.75 Å². The van der Waals surface area contributed by atoms with Crippen LogP contribution in [0.3, 0.4) is 0 Å². The SMILES string of the molecule is CNc1ccc(S(=O)(=O)Nc2cccc(OC)c2)cc1. The van der Waals surface area contributed by atoms with Crippen molar-refractivity contribution in [3.05, 3.63) is 48.5 Å². The zero-order valence-electron chi connectivity index (χ0n) is 11.3. The Labute approximate surface area is 118 Å². The molecule has 0 bridgehead atoms. The molecule has 0 saturated heterocycles. The first-order chi connectivity index (χ1) is 9.55. The minimum Gasteiger partial charge on any atom is -0.497 e. The second-order valence-electron chi connectivity index (χ2n) is 4.11. The molecule has 0 amide bonds. The van der Waals surface area contributed by atoms with Crippen LogP contribution in [-0.4, -0.2) is 22.6 Å². The minimum absolute atomic E-state index is 0.208. The van der Waals surface area contributed by atoms with E-state index < -0.39 is 10.0 Å². The number of hydrogen-bond acceptors (Lipinski definition) is 4. The van der Waals surface area contributed by atoms with Gasteiger partial charge in [-0.15, -0.1) is 0 Å². The van der Waals surface area contributed by atoms with Gasteiger partial charge in [0.15, 0.2) is 0 Å². The molecule has 6 heteroatoms. The van der Waals surface area contributed by atoms with Gasteiger partial charge in [-0.2, -0.15) is 0 Å². The number of ether oxygens (including phenoxy) is 1. The van der Waals surface area contributed by atoms with Gasteiger partial charge in [-0.1, -0.05) is 6.07 Å². The third-order valence-corrected chi connectivity index (χ3v) is 4.17. The molecule has 0 aromatic heterocycles. The van der Waals surface area contributed by atoms with Crippen molar-refractivity contribution >= 4 is 21.4 Å². The van der Waals surface area contributed by atoms with Gasteiger partial charge in [-0.25, -0.2) is 8.42 Å². The monoisotopic (exact) mass is 292 g/mol. The quantitative estimate of drug-likeness (QED) is 0.888. The fourth-order valence-corrected chi connectivity index (χ4v) is 2.75. The van der Waals surface area contributed by atoms with Gasteiger partial charge in [0.2, 0.25) is 0 Å². The van der Waals surface area contributed by atoms with Gasteiger partial charge in [0.05, 0.1) is 17.7 Å². The van der Waals surface area contributed by atoms with E-state index in [1.54, 1.807) is 55.6 Å². The summed E-state index contributed by atoms with van der Waals surface area (Å²) in [6.07, 6.45) is 0. The van der Waals surface area contributed by atoms with Crippen LogP contribution in [0.5, 0.6) is 5.75 Å². The highest BCUT2D eigenvalue weighted by atomic mass is 32.2. The fraction of sp³-hybridized carbons (Fsp3) is 0.143. The van der Waals surface area contributed by atoms with Gasteiger partial charge in [0.25, 0.3) is 10.0 Å². The van der Waals surface area contributed by atoms with Crippen LogP contribution in [0, 0.1) is 0 Å². The molecule has 0 radical (unpaired) electrons. The van der Waals surface area contributed by atoms with Crippen molar-refractivity contribution in [1.29, 1.82) is 0 Å². The average molecular weight is 292 g/mol. The highest BCUT2D eigenvalue weighted by Gasteiger charge is 2.14. The maximum Gasteiger partial charge on any atom is 0.261 e. The van der Waals surface area contributed by atoms with Crippen LogP contribution < -0.4 is 14.8 Å². The average Bonchev–Trinajstić information content (AvgIpc) is 2.47. The molecule has 20 heavy (non-hydrogen) atoms. The van der Waals surface area contributed by atoms with Gasteiger partial charge >= 0.3 is 0 Å². The highest BCUT2D eigenvalue weighted by Crippen LogP contribution is 2.21. The van der Waals surface area contributed by atoms with Crippen LogP contribution in [0.4, 0.5) is 11.4 Å². The Morgan fingerprint density at radius 3 is 2.30 bits per heavy atom. The predicted octanol–water partition coefficient (Wildman–Crippen LogP) is 2.54. The molecule has 2 N–H and O–H groups in total. The van der Waals surface area contributed by atoms with Crippen molar-refractivity contribution in [2.45, 2.75) is 4.90 Å². The number of nitrogens with one attached hydrogen (secondary N) is 2. The van der Waals surface area contributed by atoms with Crippen LogP contribution >= 0.6 is 0 Å². The summed E-state index contributed by atoms with van der Waals surface area (Å²) >= 11 is 0. The van der Waals surface area contributed by atoms with Gasteiger partial charge in [0.1, 0.15) is 5.75 Å². The maximum atomic E-state index is 12.2. The van der Waals surface area contributed by atoms with E-state index in [2.05, 4.69) is 10.0 Å². The Morgan fingerprint density at radius 2 is 1.70 bits per heavy atom. The summed E-state index contributed by atoms with van der Waals surface area (Å²) in [5.41, 5.74) is 1.31. The van der Waals surface area contributed by atoms with Crippen LogP contribution in [0.1, 0.15) is 0 Å². The zero-order valence-corrected chi connectivity index (χ0v) is 12.1. The molecule has 0 fully saturated rings. The smallest absolute Gasteiger partial charge is 0.261 e. The lowest BCUT2D eigenvalue weighted by molar-refractivity contribution is 0.415. The van der Waals surface area contributed by atoms with Crippen LogP contribution in [-0.2, 0) is 10.0 Å². The summed E-state index contributed by atoms with van der Waals surface area (Å²) < 4.78 is 32.0. The van der Waals surface area contributed by atoms with Gasteiger partial charge in [-0.3, -0.25) is 4.72 Å². The van der Waals surface area contributed by atoms with E-state index in [0.717, 1.165) is 5.69 Å².